The smallest absolute Gasteiger partial charge is 0.154 e. The van der Waals surface area contributed by atoms with Crippen LogP contribution < -0.4 is 5.73 Å². The lowest BCUT2D eigenvalue weighted by Gasteiger charge is -2.04. The van der Waals surface area contributed by atoms with Gasteiger partial charge in [0.2, 0.25) is 0 Å². The van der Waals surface area contributed by atoms with Crippen LogP contribution in [0.1, 0.15) is 31.0 Å². The molecule has 3 rings (SSSR count). The maximum atomic E-state index is 5.71. The molecule has 0 bridgehead atoms. The lowest BCUT2D eigenvalue weighted by atomic mass is 10.1. The van der Waals surface area contributed by atoms with E-state index in [1.165, 1.54) is 11.5 Å². The van der Waals surface area contributed by atoms with Crippen LogP contribution in [0.15, 0.2) is 18.2 Å². The zero-order valence-electron chi connectivity index (χ0n) is 11.8. The van der Waals surface area contributed by atoms with E-state index in [1.807, 2.05) is 19.2 Å². The molecular formula is C14H17N5S. The fourth-order valence-electron chi connectivity index (χ4n) is 2.30. The third-order valence-corrected chi connectivity index (χ3v) is 4.18. The first kappa shape index (κ1) is 13.2. The summed E-state index contributed by atoms with van der Waals surface area (Å²) in [6.07, 6.45) is 0. The lowest BCUT2D eigenvalue weighted by Crippen LogP contribution is -1.98. The van der Waals surface area contributed by atoms with Gasteiger partial charge in [-0.05, 0) is 35.1 Å². The van der Waals surface area contributed by atoms with E-state index in [9.17, 15) is 0 Å². The van der Waals surface area contributed by atoms with Crippen molar-refractivity contribution in [2.75, 3.05) is 0 Å². The topological polar surface area (TPSA) is 69.6 Å². The third kappa shape index (κ3) is 2.01. The summed E-state index contributed by atoms with van der Waals surface area (Å²) in [5.74, 6) is 1.26. The third-order valence-electron chi connectivity index (χ3n) is 3.44. The molecule has 0 aliphatic carbocycles. The molecule has 1 aromatic carbocycles. The highest BCUT2D eigenvalue weighted by molar-refractivity contribution is 7.09. The normalized spacial score (nSPS) is 11.7. The quantitative estimate of drug-likeness (QED) is 0.804. The number of aryl methyl sites for hydroxylation is 1. The van der Waals surface area contributed by atoms with Crippen LogP contribution in [0, 0.1) is 0 Å². The number of fused-ring (bicyclic) bond motifs is 1. The second kappa shape index (κ2) is 4.96. The van der Waals surface area contributed by atoms with Gasteiger partial charge in [0.05, 0.1) is 16.7 Å². The number of hydrogen-bond acceptors (Lipinski definition) is 5. The van der Waals surface area contributed by atoms with Crippen molar-refractivity contribution in [2.45, 2.75) is 26.3 Å². The van der Waals surface area contributed by atoms with Crippen LogP contribution in [0.3, 0.4) is 0 Å². The summed E-state index contributed by atoms with van der Waals surface area (Å²) in [6.45, 7) is 4.78. The monoisotopic (exact) mass is 287 g/mol. The Bertz CT molecular complexity index is 756. The van der Waals surface area contributed by atoms with Crippen molar-refractivity contribution < 1.29 is 0 Å². The van der Waals surface area contributed by atoms with Crippen LogP contribution in [-0.4, -0.2) is 19.1 Å². The number of aromatic nitrogens is 4. The van der Waals surface area contributed by atoms with Gasteiger partial charge in [0.15, 0.2) is 5.82 Å². The molecule has 3 aromatic rings. The standard InChI is InChI=1S/C14H17N5S/c1-8(2)12-13(20-18-17-12)14-16-10-5-4-9(7-15)6-11(10)19(14)3/h4-6,8H,7,15H2,1-3H3. The molecule has 0 aliphatic heterocycles. The zero-order valence-corrected chi connectivity index (χ0v) is 12.6. The molecule has 0 radical (unpaired) electrons. The summed E-state index contributed by atoms with van der Waals surface area (Å²) < 4.78 is 6.18. The molecule has 5 nitrogen and oxygen atoms in total. The largest absolute Gasteiger partial charge is 0.326 e. The highest BCUT2D eigenvalue weighted by Gasteiger charge is 2.19. The van der Waals surface area contributed by atoms with Crippen molar-refractivity contribution in [3.63, 3.8) is 0 Å². The van der Waals surface area contributed by atoms with Crippen LogP contribution >= 0.6 is 11.5 Å². The van der Waals surface area contributed by atoms with E-state index in [0.717, 1.165) is 33.0 Å². The summed E-state index contributed by atoms with van der Waals surface area (Å²) in [4.78, 5) is 5.77. The van der Waals surface area contributed by atoms with Crippen molar-refractivity contribution in [1.82, 2.24) is 19.1 Å². The van der Waals surface area contributed by atoms with Gasteiger partial charge >= 0.3 is 0 Å². The molecule has 2 aromatic heterocycles. The number of imidazole rings is 1. The lowest BCUT2D eigenvalue weighted by molar-refractivity contribution is 0.810. The van der Waals surface area contributed by atoms with Crippen molar-refractivity contribution in [3.8, 4) is 10.7 Å². The first-order valence-electron chi connectivity index (χ1n) is 6.60. The molecule has 0 aliphatic rings. The maximum Gasteiger partial charge on any atom is 0.154 e. The van der Waals surface area contributed by atoms with Gasteiger partial charge in [0.1, 0.15) is 4.88 Å². The fraction of sp³-hybridized carbons (Fsp3) is 0.357. The molecule has 0 atom stereocenters. The Hall–Kier alpha value is -1.79. The van der Waals surface area contributed by atoms with E-state index in [4.69, 9.17) is 10.7 Å². The molecule has 0 unspecified atom stereocenters. The maximum absolute atomic E-state index is 5.71. The first-order valence-corrected chi connectivity index (χ1v) is 7.37. The summed E-state index contributed by atoms with van der Waals surface area (Å²) >= 11 is 1.40. The molecule has 2 heterocycles. The molecule has 0 amide bonds. The minimum Gasteiger partial charge on any atom is -0.326 e. The number of nitrogens with zero attached hydrogens (tertiary/aromatic N) is 4. The first-order chi connectivity index (χ1) is 9.61. The molecule has 0 fully saturated rings. The molecule has 6 heteroatoms. The second-order valence-corrected chi connectivity index (χ2v) is 5.92. The van der Waals surface area contributed by atoms with Crippen LogP contribution in [0.2, 0.25) is 0 Å². The summed E-state index contributed by atoms with van der Waals surface area (Å²) in [7, 11) is 2.02. The van der Waals surface area contributed by atoms with E-state index in [-0.39, 0.29) is 0 Å². The average Bonchev–Trinajstić information content (AvgIpc) is 3.03. The van der Waals surface area contributed by atoms with E-state index in [2.05, 4.69) is 34.1 Å². The van der Waals surface area contributed by atoms with Crippen molar-refractivity contribution >= 4 is 22.6 Å². The van der Waals surface area contributed by atoms with Gasteiger partial charge in [-0.25, -0.2) is 4.98 Å². The minimum atomic E-state index is 0.336. The Balaban J connectivity index is 2.21. The van der Waals surface area contributed by atoms with E-state index < -0.39 is 0 Å². The summed E-state index contributed by atoms with van der Waals surface area (Å²) in [5, 5.41) is 4.23. The Morgan fingerprint density at radius 3 is 2.85 bits per heavy atom. The van der Waals surface area contributed by atoms with Gasteiger partial charge in [-0.1, -0.05) is 24.4 Å². The molecule has 0 spiro atoms. The van der Waals surface area contributed by atoms with Gasteiger partial charge < -0.3 is 10.3 Å². The average molecular weight is 287 g/mol. The van der Waals surface area contributed by atoms with E-state index in [1.54, 1.807) is 0 Å². The predicted octanol–water partition coefficient (Wildman–Crippen LogP) is 2.67. The molecule has 2 N–H and O–H groups in total. The number of hydrogen-bond donors (Lipinski definition) is 1. The van der Waals surface area contributed by atoms with Crippen molar-refractivity contribution in [3.05, 3.63) is 29.5 Å². The zero-order chi connectivity index (χ0) is 14.3. The molecular weight excluding hydrogens is 270 g/mol. The Morgan fingerprint density at radius 1 is 1.35 bits per heavy atom. The van der Waals surface area contributed by atoms with Gasteiger partial charge in [0, 0.05) is 13.6 Å². The number of nitrogens with two attached hydrogens (primary N) is 1. The second-order valence-electron chi connectivity index (χ2n) is 5.16. The Morgan fingerprint density at radius 2 is 2.15 bits per heavy atom. The summed E-state index contributed by atoms with van der Waals surface area (Å²) in [6, 6.07) is 6.13. The van der Waals surface area contributed by atoms with E-state index >= 15 is 0 Å². The SMILES string of the molecule is CC(C)c1nnsc1-c1nc2ccc(CN)cc2n1C. The fourth-order valence-corrected chi connectivity index (χ4v) is 3.14. The Kier molecular flexibility index (Phi) is 3.27. The minimum absolute atomic E-state index is 0.336. The molecule has 20 heavy (non-hydrogen) atoms. The molecule has 104 valence electrons. The van der Waals surface area contributed by atoms with Crippen LogP contribution in [0.4, 0.5) is 0 Å². The van der Waals surface area contributed by atoms with Gasteiger partial charge in [-0.15, -0.1) is 5.10 Å². The highest BCUT2D eigenvalue weighted by Crippen LogP contribution is 2.32. The highest BCUT2D eigenvalue weighted by atomic mass is 32.1. The van der Waals surface area contributed by atoms with Gasteiger partial charge in [-0.2, -0.15) is 0 Å². The number of rotatable bonds is 3. The van der Waals surface area contributed by atoms with Crippen molar-refractivity contribution in [2.24, 2.45) is 12.8 Å². The molecule has 0 saturated heterocycles. The predicted molar refractivity (Wildman–Crippen MR) is 81.6 cm³/mol. The van der Waals surface area contributed by atoms with Crippen molar-refractivity contribution in [1.29, 1.82) is 0 Å². The van der Waals surface area contributed by atoms with E-state index in [0.29, 0.717) is 12.5 Å². The van der Waals surface area contributed by atoms with Gasteiger partial charge in [0.25, 0.3) is 0 Å². The van der Waals surface area contributed by atoms with Crippen LogP contribution in [0.25, 0.3) is 21.7 Å². The van der Waals surface area contributed by atoms with Crippen LogP contribution in [-0.2, 0) is 13.6 Å². The van der Waals surface area contributed by atoms with Gasteiger partial charge in [-0.3, -0.25) is 0 Å². The Labute approximate surface area is 121 Å². The molecule has 0 saturated carbocycles. The van der Waals surface area contributed by atoms with Crippen LogP contribution in [0.5, 0.6) is 0 Å². The summed E-state index contributed by atoms with van der Waals surface area (Å²) in [5.41, 5.74) is 9.89. The number of benzene rings is 1.